The number of rotatable bonds is 6. The van der Waals surface area contributed by atoms with Gasteiger partial charge in [-0.25, -0.2) is 0 Å². The van der Waals surface area contributed by atoms with Gasteiger partial charge in [0.15, 0.2) is 0 Å². The highest BCUT2D eigenvalue weighted by molar-refractivity contribution is 7.84. The molecule has 3 nitrogen and oxygen atoms in total. The molecule has 18 heavy (non-hydrogen) atoms. The van der Waals surface area contributed by atoms with E-state index in [0.29, 0.717) is 0 Å². The van der Waals surface area contributed by atoms with Crippen LogP contribution in [0.1, 0.15) is 46.0 Å². The molecule has 0 saturated carbocycles. The van der Waals surface area contributed by atoms with Crippen LogP contribution in [-0.4, -0.2) is 51.8 Å². The Morgan fingerprint density at radius 1 is 1.22 bits per heavy atom. The van der Waals surface area contributed by atoms with Crippen LogP contribution < -0.4 is 5.32 Å². The maximum atomic E-state index is 11.6. The highest BCUT2D eigenvalue weighted by Gasteiger charge is 2.37. The average Bonchev–Trinajstić information content (AvgIpc) is 2.36. The maximum absolute atomic E-state index is 11.6. The van der Waals surface area contributed by atoms with E-state index in [-0.39, 0.29) is 0 Å². The summed E-state index contributed by atoms with van der Waals surface area (Å²) in [6, 6.07) is 2.21. The van der Waals surface area contributed by atoms with E-state index in [1.165, 1.54) is 32.1 Å². The van der Waals surface area contributed by atoms with Gasteiger partial charge in [0.05, 0.1) is 0 Å². The monoisotopic (exact) mass is 272 g/mol. The van der Waals surface area contributed by atoms with E-state index >= 15 is 0 Å². The van der Waals surface area contributed by atoms with Crippen LogP contribution >= 0.6 is 0 Å². The summed E-state index contributed by atoms with van der Waals surface area (Å²) >= 11 is 0. The Kier molecular flexibility index (Phi) is 5.64. The molecule has 2 heterocycles. The molecule has 0 aromatic rings. The summed E-state index contributed by atoms with van der Waals surface area (Å²) in [6.45, 7) is 6.36. The van der Waals surface area contributed by atoms with Gasteiger partial charge >= 0.3 is 0 Å². The summed E-state index contributed by atoms with van der Waals surface area (Å²) in [4.78, 5) is 2.67. The van der Waals surface area contributed by atoms with Crippen LogP contribution in [0.3, 0.4) is 0 Å². The SMILES string of the molecule is CCNC1CC2CCCC(C1)N2CCS(=O)CC. The Morgan fingerprint density at radius 3 is 2.44 bits per heavy atom. The molecule has 0 amide bonds. The fraction of sp³-hybridized carbons (Fsp3) is 1.00. The minimum absolute atomic E-state index is 0.606. The van der Waals surface area contributed by atoms with E-state index in [1.54, 1.807) is 0 Å². The smallest absolute Gasteiger partial charge is 0.0362 e. The van der Waals surface area contributed by atoms with Crippen molar-refractivity contribution in [1.82, 2.24) is 10.2 Å². The van der Waals surface area contributed by atoms with Crippen molar-refractivity contribution in [1.29, 1.82) is 0 Å². The summed E-state index contributed by atoms with van der Waals surface area (Å²) in [5.74, 6) is 1.68. The van der Waals surface area contributed by atoms with Crippen LogP contribution in [0, 0.1) is 0 Å². The molecule has 2 aliphatic rings. The van der Waals surface area contributed by atoms with E-state index in [1.807, 2.05) is 6.92 Å². The van der Waals surface area contributed by atoms with Gasteiger partial charge < -0.3 is 5.32 Å². The molecule has 2 fully saturated rings. The second kappa shape index (κ2) is 7.01. The van der Waals surface area contributed by atoms with Crippen molar-refractivity contribution >= 4 is 10.8 Å². The normalized spacial score (nSPS) is 34.4. The molecule has 0 radical (unpaired) electrons. The maximum Gasteiger partial charge on any atom is 0.0362 e. The van der Waals surface area contributed by atoms with Gasteiger partial charge in [-0.2, -0.15) is 0 Å². The average molecular weight is 272 g/mol. The molecule has 2 bridgehead atoms. The topological polar surface area (TPSA) is 32.3 Å². The van der Waals surface area contributed by atoms with Crippen molar-refractivity contribution in [3.63, 3.8) is 0 Å². The molecule has 3 unspecified atom stereocenters. The molecule has 1 N–H and O–H groups in total. The first kappa shape index (κ1) is 14.5. The van der Waals surface area contributed by atoms with Crippen LogP contribution in [0.2, 0.25) is 0 Å². The zero-order chi connectivity index (χ0) is 13.0. The highest BCUT2D eigenvalue weighted by Crippen LogP contribution is 2.33. The summed E-state index contributed by atoms with van der Waals surface area (Å²) in [7, 11) is -0.606. The van der Waals surface area contributed by atoms with Crippen LogP contribution in [0.25, 0.3) is 0 Å². The van der Waals surface area contributed by atoms with Gasteiger partial charge in [-0.05, 0) is 32.2 Å². The lowest BCUT2D eigenvalue weighted by molar-refractivity contribution is 0.0305. The molecule has 2 aliphatic heterocycles. The number of hydrogen-bond donors (Lipinski definition) is 1. The van der Waals surface area contributed by atoms with Crippen LogP contribution in [0.4, 0.5) is 0 Å². The number of hydrogen-bond acceptors (Lipinski definition) is 3. The third kappa shape index (κ3) is 3.55. The first-order chi connectivity index (χ1) is 8.74. The van der Waals surface area contributed by atoms with Crippen molar-refractivity contribution in [3.05, 3.63) is 0 Å². The fourth-order valence-electron chi connectivity index (χ4n) is 3.65. The van der Waals surface area contributed by atoms with Gasteiger partial charge in [-0.15, -0.1) is 0 Å². The van der Waals surface area contributed by atoms with Gasteiger partial charge in [-0.1, -0.05) is 20.3 Å². The molecule has 0 aliphatic carbocycles. The zero-order valence-corrected chi connectivity index (χ0v) is 12.7. The van der Waals surface area contributed by atoms with Crippen molar-refractivity contribution in [2.24, 2.45) is 0 Å². The molecule has 0 spiro atoms. The van der Waals surface area contributed by atoms with Crippen LogP contribution in [0.15, 0.2) is 0 Å². The largest absolute Gasteiger partial charge is 0.314 e. The third-order valence-electron chi connectivity index (χ3n) is 4.52. The molecule has 106 valence electrons. The number of piperidine rings is 2. The summed E-state index contributed by atoms with van der Waals surface area (Å²) in [6.07, 6.45) is 6.67. The summed E-state index contributed by atoms with van der Waals surface area (Å²) in [5, 5.41) is 3.62. The molecule has 4 heteroatoms. The Bertz CT molecular complexity index is 271. The Balaban J connectivity index is 1.89. The van der Waals surface area contributed by atoms with Crippen LogP contribution in [0.5, 0.6) is 0 Å². The molecular weight excluding hydrogens is 244 g/mol. The second-order valence-electron chi connectivity index (χ2n) is 5.64. The Morgan fingerprint density at radius 2 is 1.89 bits per heavy atom. The van der Waals surface area contributed by atoms with Crippen molar-refractivity contribution in [2.45, 2.75) is 64.1 Å². The van der Waals surface area contributed by atoms with Gasteiger partial charge in [0, 0.05) is 47.0 Å². The van der Waals surface area contributed by atoms with Gasteiger partial charge in [0.1, 0.15) is 0 Å². The summed E-state index contributed by atoms with van der Waals surface area (Å²) in [5.41, 5.74) is 0. The van der Waals surface area contributed by atoms with Crippen LogP contribution in [-0.2, 0) is 10.8 Å². The Labute approximate surface area is 114 Å². The molecule has 3 atom stereocenters. The third-order valence-corrected chi connectivity index (χ3v) is 5.80. The second-order valence-corrected chi connectivity index (χ2v) is 7.50. The van der Waals surface area contributed by atoms with E-state index in [0.717, 1.165) is 42.7 Å². The molecule has 2 rings (SSSR count). The Hall–Kier alpha value is 0.0700. The van der Waals surface area contributed by atoms with Gasteiger partial charge in [0.25, 0.3) is 0 Å². The lowest BCUT2D eigenvalue weighted by Gasteiger charge is -2.49. The molecule has 2 saturated heterocycles. The zero-order valence-electron chi connectivity index (χ0n) is 11.9. The van der Waals surface area contributed by atoms with Crippen molar-refractivity contribution in [3.8, 4) is 0 Å². The van der Waals surface area contributed by atoms with Gasteiger partial charge in [-0.3, -0.25) is 9.11 Å². The first-order valence-corrected chi connectivity index (χ1v) is 9.07. The highest BCUT2D eigenvalue weighted by atomic mass is 32.2. The van der Waals surface area contributed by atoms with Gasteiger partial charge in [0.2, 0.25) is 0 Å². The lowest BCUT2D eigenvalue weighted by atomic mass is 9.82. The van der Waals surface area contributed by atoms with Crippen molar-refractivity contribution < 1.29 is 4.21 Å². The van der Waals surface area contributed by atoms with E-state index in [9.17, 15) is 4.21 Å². The fourth-order valence-corrected chi connectivity index (χ4v) is 4.35. The summed E-state index contributed by atoms with van der Waals surface area (Å²) < 4.78 is 11.6. The van der Waals surface area contributed by atoms with E-state index in [2.05, 4.69) is 17.1 Å². The minimum atomic E-state index is -0.606. The van der Waals surface area contributed by atoms with E-state index in [4.69, 9.17) is 0 Å². The molecule has 0 aromatic carbocycles. The standard InChI is InChI=1S/C14H28N2OS/c1-3-15-12-10-13-6-5-7-14(11-12)16(13)8-9-18(17)4-2/h12-15H,3-11H2,1-2H3. The predicted molar refractivity (Wildman–Crippen MR) is 78.4 cm³/mol. The first-order valence-electron chi connectivity index (χ1n) is 7.58. The van der Waals surface area contributed by atoms with E-state index < -0.39 is 10.8 Å². The lowest BCUT2D eigenvalue weighted by Crippen LogP contribution is -2.57. The minimum Gasteiger partial charge on any atom is -0.314 e. The number of fused-ring (bicyclic) bond motifs is 2. The quantitative estimate of drug-likeness (QED) is 0.799. The number of nitrogens with one attached hydrogen (secondary N) is 1. The van der Waals surface area contributed by atoms with Crippen molar-refractivity contribution in [2.75, 3.05) is 24.6 Å². The predicted octanol–water partition coefficient (Wildman–Crippen LogP) is 1.75. The molecular formula is C14H28N2OS. The number of nitrogens with zero attached hydrogens (tertiary/aromatic N) is 1. The molecule has 0 aromatic heterocycles.